The maximum atomic E-state index is 12.5. The van der Waals surface area contributed by atoms with Crippen LogP contribution in [0.5, 0.6) is 0 Å². The Labute approximate surface area is 126 Å². The molecule has 2 aromatic heterocycles. The van der Waals surface area contributed by atoms with E-state index in [0.29, 0.717) is 23.1 Å². The number of aromatic nitrogens is 2. The number of halogens is 1. The quantitative estimate of drug-likeness (QED) is 0.863. The summed E-state index contributed by atoms with van der Waals surface area (Å²) in [5, 5.41) is 4.10. The lowest BCUT2D eigenvalue weighted by Gasteiger charge is -2.19. The van der Waals surface area contributed by atoms with Crippen LogP contribution >= 0.6 is 22.9 Å². The van der Waals surface area contributed by atoms with Crippen molar-refractivity contribution in [2.24, 2.45) is 7.05 Å². The SMILES string of the molecule is C=CCN(Cc1ccc(Cl)s1)C(=O)c1nn(C)cc1N. The van der Waals surface area contributed by atoms with Crippen molar-refractivity contribution in [3.8, 4) is 0 Å². The predicted octanol–water partition coefficient (Wildman–Crippen LogP) is 2.55. The summed E-state index contributed by atoms with van der Waals surface area (Å²) in [5.41, 5.74) is 6.43. The Morgan fingerprint density at radius 3 is 2.90 bits per heavy atom. The monoisotopic (exact) mass is 310 g/mol. The van der Waals surface area contributed by atoms with Crippen LogP contribution < -0.4 is 5.73 Å². The van der Waals surface area contributed by atoms with E-state index in [2.05, 4.69) is 11.7 Å². The lowest BCUT2D eigenvalue weighted by molar-refractivity contribution is 0.0758. The van der Waals surface area contributed by atoms with Crippen LogP contribution in [-0.2, 0) is 13.6 Å². The van der Waals surface area contributed by atoms with Gasteiger partial charge in [0, 0.05) is 24.7 Å². The van der Waals surface area contributed by atoms with E-state index in [0.717, 1.165) is 4.88 Å². The highest BCUT2D eigenvalue weighted by atomic mass is 35.5. The molecule has 2 heterocycles. The third-order valence-electron chi connectivity index (χ3n) is 2.67. The Kier molecular flexibility index (Phi) is 4.46. The van der Waals surface area contributed by atoms with Crippen LogP contribution in [-0.4, -0.2) is 27.1 Å². The van der Waals surface area contributed by atoms with Crippen molar-refractivity contribution < 1.29 is 4.79 Å². The first kappa shape index (κ1) is 14.6. The zero-order chi connectivity index (χ0) is 14.7. The number of nitrogens with two attached hydrogens (primary N) is 1. The summed E-state index contributed by atoms with van der Waals surface area (Å²) < 4.78 is 2.22. The molecule has 0 fully saturated rings. The number of anilines is 1. The molecule has 7 heteroatoms. The Bertz CT molecular complexity index is 634. The second-order valence-corrected chi connectivity index (χ2v) is 6.09. The number of hydrogen-bond acceptors (Lipinski definition) is 4. The van der Waals surface area contributed by atoms with E-state index in [1.165, 1.54) is 16.0 Å². The van der Waals surface area contributed by atoms with Crippen molar-refractivity contribution in [3.63, 3.8) is 0 Å². The number of nitrogen functional groups attached to an aromatic ring is 1. The van der Waals surface area contributed by atoms with Crippen LogP contribution in [0, 0.1) is 0 Å². The number of carbonyl (C=O) groups is 1. The average Bonchev–Trinajstić information content (AvgIpc) is 2.94. The molecule has 0 saturated heterocycles. The number of aryl methyl sites for hydroxylation is 1. The average molecular weight is 311 g/mol. The molecule has 2 rings (SSSR count). The second kappa shape index (κ2) is 6.11. The third kappa shape index (κ3) is 3.20. The zero-order valence-electron chi connectivity index (χ0n) is 11.0. The van der Waals surface area contributed by atoms with Crippen molar-refractivity contribution in [1.82, 2.24) is 14.7 Å². The normalized spacial score (nSPS) is 10.5. The molecule has 1 amide bonds. The molecular weight excluding hydrogens is 296 g/mol. The van der Waals surface area contributed by atoms with Gasteiger partial charge in [-0.2, -0.15) is 5.10 Å². The van der Waals surface area contributed by atoms with Crippen LogP contribution in [0.15, 0.2) is 31.0 Å². The largest absolute Gasteiger partial charge is 0.396 e. The van der Waals surface area contributed by atoms with E-state index in [1.807, 2.05) is 12.1 Å². The van der Waals surface area contributed by atoms with Gasteiger partial charge in [0.1, 0.15) is 0 Å². The maximum absolute atomic E-state index is 12.5. The fraction of sp³-hybridized carbons (Fsp3) is 0.231. The molecule has 0 unspecified atom stereocenters. The molecule has 0 bridgehead atoms. The zero-order valence-corrected chi connectivity index (χ0v) is 12.6. The van der Waals surface area contributed by atoms with E-state index < -0.39 is 0 Å². The van der Waals surface area contributed by atoms with E-state index in [-0.39, 0.29) is 11.6 Å². The van der Waals surface area contributed by atoms with Gasteiger partial charge >= 0.3 is 0 Å². The van der Waals surface area contributed by atoms with Crippen LogP contribution in [0.25, 0.3) is 0 Å². The number of hydrogen-bond donors (Lipinski definition) is 1. The molecule has 106 valence electrons. The summed E-state index contributed by atoms with van der Waals surface area (Å²) in [6, 6.07) is 3.71. The first-order valence-corrected chi connectivity index (χ1v) is 7.14. The molecule has 0 saturated carbocycles. The standard InChI is InChI=1S/C13H15ClN4OS/c1-3-6-18(7-9-4-5-11(14)20-9)13(19)12-10(15)8-17(2)16-12/h3-5,8H,1,6-7,15H2,2H3. The van der Waals surface area contributed by atoms with E-state index in [9.17, 15) is 4.79 Å². The first-order chi connectivity index (χ1) is 9.51. The fourth-order valence-corrected chi connectivity index (χ4v) is 2.93. The summed E-state index contributed by atoms with van der Waals surface area (Å²) >= 11 is 7.35. The van der Waals surface area contributed by atoms with Gasteiger partial charge in [0.25, 0.3) is 5.91 Å². The van der Waals surface area contributed by atoms with Crippen LogP contribution in [0.4, 0.5) is 5.69 Å². The van der Waals surface area contributed by atoms with Gasteiger partial charge in [-0.3, -0.25) is 9.48 Å². The minimum absolute atomic E-state index is 0.215. The number of amides is 1. The van der Waals surface area contributed by atoms with Gasteiger partial charge in [-0.15, -0.1) is 17.9 Å². The summed E-state index contributed by atoms with van der Waals surface area (Å²) in [6.45, 7) is 4.56. The lowest BCUT2D eigenvalue weighted by Crippen LogP contribution is -2.31. The summed E-state index contributed by atoms with van der Waals surface area (Å²) in [5.74, 6) is -0.215. The molecule has 0 aliphatic carbocycles. The highest BCUT2D eigenvalue weighted by molar-refractivity contribution is 7.16. The molecular formula is C13H15ClN4OS. The summed E-state index contributed by atoms with van der Waals surface area (Å²) in [7, 11) is 1.73. The van der Waals surface area contributed by atoms with Crippen LogP contribution in [0.2, 0.25) is 4.34 Å². The van der Waals surface area contributed by atoms with Gasteiger partial charge in [0.15, 0.2) is 5.69 Å². The number of rotatable bonds is 5. The van der Waals surface area contributed by atoms with E-state index >= 15 is 0 Å². The van der Waals surface area contributed by atoms with Gasteiger partial charge in [-0.1, -0.05) is 17.7 Å². The molecule has 0 aromatic carbocycles. The Balaban J connectivity index is 2.21. The van der Waals surface area contributed by atoms with Crippen LogP contribution in [0.1, 0.15) is 15.4 Å². The smallest absolute Gasteiger partial charge is 0.277 e. The van der Waals surface area contributed by atoms with Crippen molar-refractivity contribution >= 4 is 34.5 Å². The van der Waals surface area contributed by atoms with Crippen molar-refractivity contribution in [1.29, 1.82) is 0 Å². The van der Waals surface area contributed by atoms with Gasteiger partial charge in [0.05, 0.1) is 16.6 Å². The molecule has 5 nitrogen and oxygen atoms in total. The highest BCUT2D eigenvalue weighted by Gasteiger charge is 2.21. The molecule has 0 aliphatic heterocycles. The molecule has 0 atom stereocenters. The van der Waals surface area contributed by atoms with Crippen LogP contribution in [0.3, 0.4) is 0 Å². The minimum atomic E-state index is -0.215. The topological polar surface area (TPSA) is 64.2 Å². The van der Waals surface area contributed by atoms with Gasteiger partial charge in [0.2, 0.25) is 0 Å². The van der Waals surface area contributed by atoms with Crippen molar-refractivity contribution in [2.75, 3.05) is 12.3 Å². The lowest BCUT2D eigenvalue weighted by atomic mass is 10.3. The molecule has 0 aliphatic rings. The third-order valence-corrected chi connectivity index (χ3v) is 3.89. The minimum Gasteiger partial charge on any atom is -0.396 e. The fourth-order valence-electron chi connectivity index (χ4n) is 1.82. The van der Waals surface area contributed by atoms with Crippen molar-refractivity contribution in [3.05, 3.63) is 45.9 Å². The Morgan fingerprint density at radius 2 is 2.40 bits per heavy atom. The molecule has 0 spiro atoms. The van der Waals surface area contributed by atoms with Gasteiger partial charge in [-0.05, 0) is 12.1 Å². The molecule has 2 aromatic rings. The number of thiophene rings is 1. The number of carbonyl (C=O) groups excluding carboxylic acids is 1. The summed E-state index contributed by atoms with van der Waals surface area (Å²) in [6.07, 6.45) is 3.29. The Morgan fingerprint density at radius 1 is 1.65 bits per heavy atom. The van der Waals surface area contributed by atoms with Gasteiger partial charge < -0.3 is 10.6 Å². The number of nitrogens with zero attached hydrogens (tertiary/aromatic N) is 3. The van der Waals surface area contributed by atoms with E-state index in [1.54, 1.807) is 24.2 Å². The van der Waals surface area contributed by atoms with E-state index in [4.69, 9.17) is 17.3 Å². The first-order valence-electron chi connectivity index (χ1n) is 5.94. The summed E-state index contributed by atoms with van der Waals surface area (Å²) in [4.78, 5) is 15.1. The Hall–Kier alpha value is -1.79. The second-order valence-electron chi connectivity index (χ2n) is 4.29. The highest BCUT2D eigenvalue weighted by Crippen LogP contribution is 2.23. The molecule has 0 radical (unpaired) electrons. The maximum Gasteiger partial charge on any atom is 0.277 e. The molecule has 20 heavy (non-hydrogen) atoms. The molecule has 2 N–H and O–H groups in total. The predicted molar refractivity (Wildman–Crippen MR) is 81.9 cm³/mol. The van der Waals surface area contributed by atoms with Crippen molar-refractivity contribution in [2.45, 2.75) is 6.54 Å². The van der Waals surface area contributed by atoms with Gasteiger partial charge in [-0.25, -0.2) is 0 Å².